The van der Waals surface area contributed by atoms with E-state index in [1.165, 1.54) is 19.3 Å². The van der Waals surface area contributed by atoms with Gasteiger partial charge in [0.1, 0.15) is 4.60 Å². The van der Waals surface area contributed by atoms with E-state index in [-0.39, 0.29) is 0 Å². The Kier molecular flexibility index (Phi) is 3.36. The Balaban J connectivity index is 2.26. The van der Waals surface area contributed by atoms with Gasteiger partial charge in [-0.2, -0.15) is 0 Å². The van der Waals surface area contributed by atoms with Gasteiger partial charge < -0.3 is 0 Å². The van der Waals surface area contributed by atoms with Gasteiger partial charge in [0.2, 0.25) is 0 Å². The predicted molar refractivity (Wildman–Crippen MR) is 63.9 cm³/mol. The quantitative estimate of drug-likeness (QED) is 0.797. The van der Waals surface area contributed by atoms with Gasteiger partial charge in [-0.3, -0.25) is 9.38 Å². The fraction of sp³-hybridized carbons (Fsp3) is 0.455. The Bertz CT molecular complexity index is 450. The average Bonchev–Trinajstić information content (AvgIpc) is 2.62. The van der Waals surface area contributed by atoms with E-state index in [1.54, 1.807) is 0 Å². The average molecular weight is 268 g/mol. The first-order chi connectivity index (χ1) is 7.33. The van der Waals surface area contributed by atoms with Crippen LogP contribution in [0.3, 0.4) is 0 Å². The lowest BCUT2D eigenvalue weighted by atomic mass is 10.1. The van der Waals surface area contributed by atoms with Crippen LogP contribution in [0.25, 0.3) is 5.65 Å². The number of aromatic nitrogens is 3. The molecule has 0 aromatic carbocycles. The van der Waals surface area contributed by atoms with Gasteiger partial charge in [-0.15, -0.1) is 0 Å². The topological polar surface area (TPSA) is 30.2 Å². The van der Waals surface area contributed by atoms with Crippen LogP contribution >= 0.6 is 15.9 Å². The zero-order valence-corrected chi connectivity index (χ0v) is 10.4. The number of hydrogen-bond acceptors (Lipinski definition) is 2. The summed E-state index contributed by atoms with van der Waals surface area (Å²) >= 11 is 3.46. The third-order valence-corrected chi connectivity index (χ3v) is 3.06. The molecule has 0 unspecified atom stereocenters. The third-order valence-electron chi connectivity index (χ3n) is 2.47. The molecule has 0 atom stereocenters. The minimum absolute atomic E-state index is 0.973. The first-order valence-corrected chi connectivity index (χ1v) is 6.08. The van der Waals surface area contributed by atoms with Crippen molar-refractivity contribution in [2.24, 2.45) is 0 Å². The fourth-order valence-corrected chi connectivity index (χ4v) is 2.05. The summed E-state index contributed by atoms with van der Waals surface area (Å²) in [4.78, 5) is 8.74. The molecular weight excluding hydrogens is 254 g/mol. The number of unbranched alkanes of at least 4 members (excludes halogenated alkanes) is 2. The minimum Gasteiger partial charge on any atom is -0.291 e. The molecule has 0 spiro atoms. The number of aryl methyl sites for hydroxylation is 1. The minimum atomic E-state index is 0.973. The van der Waals surface area contributed by atoms with Crippen molar-refractivity contribution in [2.45, 2.75) is 32.6 Å². The Labute approximate surface area is 97.7 Å². The van der Waals surface area contributed by atoms with Gasteiger partial charge in [-0.25, -0.2) is 4.98 Å². The van der Waals surface area contributed by atoms with Crippen molar-refractivity contribution in [2.75, 3.05) is 0 Å². The van der Waals surface area contributed by atoms with E-state index in [0.29, 0.717) is 0 Å². The van der Waals surface area contributed by atoms with E-state index in [1.807, 2.05) is 23.0 Å². The molecule has 0 radical (unpaired) electrons. The summed E-state index contributed by atoms with van der Waals surface area (Å²) in [7, 11) is 0. The Morgan fingerprint density at radius 1 is 1.33 bits per heavy atom. The molecule has 2 heterocycles. The van der Waals surface area contributed by atoms with Crippen LogP contribution < -0.4 is 0 Å². The summed E-state index contributed by atoms with van der Waals surface area (Å²) in [6.07, 6.45) is 10.3. The smallest absolute Gasteiger partial charge is 0.159 e. The Morgan fingerprint density at radius 3 is 3.00 bits per heavy atom. The molecule has 4 heteroatoms. The molecule has 0 aliphatic rings. The third kappa shape index (κ3) is 2.20. The monoisotopic (exact) mass is 267 g/mol. The molecule has 0 fully saturated rings. The van der Waals surface area contributed by atoms with Gasteiger partial charge in [0.25, 0.3) is 0 Å². The van der Waals surface area contributed by atoms with Crippen LogP contribution in [0.5, 0.6) is 0 Å². The normalized spacial score (nSPS) is 11.1. The molecule has 3 nitrogen and oxygen atoms in total. The summed E-state index contributed by atoms with van der Waals surface area (Å²) in [6, 6.07) is 0. The highest BCUT2D eigenvalue weighted by molar-refractivity contribution is 9.10. The van der Waals surface area contributed by atoms with Crippen molar-refractivity contribution < 1.29 is 0 Å². The second kappa shape index (κ2) is 4.75. The van der Waals surface area contributed by atoms with Gasteiger partial charge in [0.15, 0.2) is 5.65 Å². The summed E-state index contributed by atoms with van der Waals surface area (Å²) in [6.45, 7) is 2.21. The summed E-state index contributed by atoms with van der Waals surface area (Å²) < 4.78 is 3.01. The molecule has 0 saturated heterocycles. The van der Waals surface area contributed by atoms with Gasteiger partial charge >= 0.3 is 0 Å². The highest BCUT2D eigenvalue weighted by Gasteiger charge is 2.05. The Hall–Kier alpha value is -0.900. The van der Waals surface area contributed by atoms with Crippen LogP contribution in [0.1, 0.15) is 31.9 Å². The number of fused-ring (bicyclic) bond motifs is 1. The standard InChI is InChI=1S/C11H14BrN3/c1-2-3-4-5-9-11-14-8-10(12)15(11)7-6-13-9/h6-8H,2-5H2,1H3. The molecule has 2 rings (SSSR count). The molecule has 0 saturated carbocycles. The van der Waals surface area contributed by atoms with E-state index < -0.39 is 0 Å². The molecular formula is C11H14BrN3. The molecule has 80 valence electrons. The maximum absolute atomic E-state index is 4.39. The second-order valence-electron chi connectivity index (χ2n) is 3.61. The van der Waals surface area contributed by atoms with Crippen LogP contribution in [0.4, 0.5) is 0 Å². The number of hydrogen-bond donors (Lipinski definition) is 0. The predicted octanol–water partition coefficient (Wildman–Crippen LogP) is 3.22. The molecule has 0 amide bonds. The number of nitrogens with zero attached hydrogens (tertiary/aromatic N) is 3. The lowest BCUT2D eigenvalue weighted by Crippen LogP contribution is -1.96. The van der Waals surface area contributed by atoms with Crippen molar-refractivity contribution in [3.63, 3.8) is 0 Å². The second-order valence-corrected chi connectivity index (χ2v) is 4.42. The highest BCUT2D eigenvalue weighted by atomic mass is 79.9. The summed E-state index contributed by atoms with van der Waals surface area (Å²) in [5.41, 5.74) is 2.07. The maximum Gasteiger partial charge on any atom is 0.159 e. The van der Waals surface area contributed by atoms with Crippen LogP contribution in [0, 0.1) is 0 Å². The number of halogens is 1. The van der Waals surface area contributed by atoms with E-state index in [4.69, 9.17) is 0 Å². The van der Waals surface area contributed by atoms with Crippen molar-refractivity contribution in [1.29, 1.82) is 0 Å². The molecule has 2 aromatic heterocycles. The van der Waals surface area contributed by atoms with Crippen LogP contribution in [0.2, 0.25) is 0 Å². The van der Waals surface area contributed by atoms with E-state index in [0.717, 1.165) is 22.4 Å². The van der Waals surface area contributed by atoms with Gasteiger partial charge in [-0.05, 0) is 28.8 Å². The van der Waals surface area contributed by atoms with Gasteiger partial charge in [0.05, 0.1) is 11.9 Å². The van der Waals surface area contributed by atoms with Crippen molar-refractivity contribution in [1.82, 2.24) is 14.4 Å². The molecule has 0 N–H and O–H groups in total. The first kappa shape index (κ1) is 10.6. The number of imidazole rings is 1. The van der Waals surface area contributed by atoms with Crippen molar-refractivity contribution in [3.05, 3.63) is 28.9 Å². The zero-order valence-electron chi connectivity index (χ0n) is 8.78. The van der Waals surface area contributed by atoms with E-state index in [2.05, 4.69) is 32.8 Å². The molecule has 0 bridgehead atoms. The largest absolute Gasteiger partial charge is 0.291 e. The van der Waals surface area contributed by atoms with Crippen LogP contribution in [-0.4, -0.2) is 14.4 Å². The van der Waals surface area contributed by atoms with Gasteiger partial charge in [0, 0.05) is 12.4 Å². The zero-order chi connectivity index (χ0) is 10.7. The highest BCUT2D eigenvalue weighted by Crippen LogP contribution is 2.16. The number of rotatable bonds is 4. The summed E-state index contributed by atoms with van der Waals surface area (Å²) in [5.74, 6) is 0. The fourth-order valence-electron chi connectivity index (χ4n) is 1.66. The SMILES string of the molecule is CCCCCc1nccn2c(Br)cnc12. The molecule has 15 heavy (non-hydrogen) atoms. The summed E-state index contributed by atoms with van der Waals surface area (Å²) in [5, 5.41) is 0. The molecule has 2 aromatic rings. The van der Waals surface area contributed by atoms with Crippen molar-refractivity contribution >= 4 is 21.6 Å². The Morgan fingerprint density at radius 2 is 2.20 bits per heavy atom. The van der Waals surface area contributed by atoms with Crippen LogP contribution in [0.15, 0.2) is 23.2 Å². The lowest BCUT2D eigenvalue weighted by Gasteiger charge is -2.02. The van der Waals surface area contributed by atoms with E-state index in [9.17, 15) is 0 Å². The van der Waals surface area contributed by atoms with Crippen LogP contribution in [-0.2, 0) is 6.42 Å². The van der Waals surface area contributed by atoms with Crippen molar-refractivity contribution in [3.8, 4) is 0 Å². The first-order valence-electron chi connectivity index (χ1n) is 5.29. The molecule has 0 aliphatic carbocycles. The molecule has 0 aliphatic heterocycles. The van der Waals surface area contributed by atoms with E-state index >= 15 is 0 Å². The van der Waals surface area contributed by atoms with Gasteiger partial charge in [-0.1, -0.05) is 19.8 Å². The lowest BCUT2D eigenvalue weighted by molar-refractivity contribution is 0.707. The maximum atomic E-state index is 4.39.